The first-order valence-corrected chi connectivity index (χ1v) is 13.6. The molecule has 0 aliphatic rings. The summed E-state index contributed by atoms with van der Waals surface area (Å²) in [7, 11) is -4.02. The van der Waals surface area contributed by atoms with Crippen molar-refractivity contribution in [1.29, 1.82) is 0 Å². The molecular weight excluding hydrogens is 523 g/mol. The van der Waals surface area contributed by atoms with Gasteiger partial charge >= 0.3 is 0 Å². The summed E-state index contributed by atoms with van der Waals surface area (Å²) in [5.41, 5.74) is 2.79. The van der Waals surface area contributed by atoms with E-state index in [1.165, 1.54) is 12.1 Å². The number of halogens is 2. The molecule has 0 saturated heterocycles. The van der Waals surface area contributed by atoms with Crippen LogP contribution in [0.5, 0.6) is 5.75 Å². The first kappa shape index (κ1) is 26.2. The Morgan fingerprint density at radius 1 is 1.08 bits per heavy atom. The van der Waals surface area contributed by atoms with Crippen molar-refractivity contribution in [2.75, 3.05) is 24.4 Å². The van der Waals surface area contributed by atoms with Crippen LogP contribution in [-0.2, 0) is 16.4 Å². The minimum absolute atomic E-state index is 0.0211. The van der Waals surface area contributed by atoms with E-state index in [0.717, 1.165) is 28.8 Å². The smallest absolute Gasteiger partial charge is 0.264 e. The first-order valence-electron chi connectivity index (χ1n) is 11.3. The molecule has 0 aliphatic heterocycles. The maximum atomic E-state index is 12.8. The average Bonchev–Trinajstić information content (AvgIpc) is 3.25. The number of aliphatic hydroxyl groups excluding tert-OH is 1. The van der Waals surface area contributed by atoms with Crippen molar-refractivity contribution in [1.82, 2.24) is 15.5 Å². The van der Waals surface area contributed by atoms with Crippen molar-refractivity contribution in [3.8, 4) is 5.75 Å². The predicted molar refractivity (Wildman–Crippen MR) is 143 cm³/mol. The molecule has 4 rings (SSSR count). The molecule has 36 heavy (non-hydrogen) atoms. The van der Waals surface area contributed by atoms with Crippen molar-refractivity contribution in [3.05, 3.63) is 82.0 Å². The molecule has 0 radical (unpaired) electrons. The number of aliphatic hydroxyl groups is 1. The van der Waals surface area contributed by atoms with Crippen LogP contribution < -0.4 is 14.8 Å². The van der Waals surface area contributed by atoms with Crippen LogP contribution >= 0.6 is 23.2 Å². The fourth-order valence-corrected chi connectivity index (χ4v) is 5.96. The number of sulfonamides is 1. The van der Waals surface area contributed by atoms with Crippen LogP contribution in [0.3, 0.4) is 0 Å². The number of ether oxygens (including phenoxy) is 1. The second kappa shape index (κ2) is 11.5. The van der Waals surface area contributed by atoms with E-state index >= 15 is 0 Å². The lowest BCUT2D eigenvalue weighted by molar-refractivity contribution is 0.172. The molecule has 0 spiro atoms. The Kier molecular flexibility index (Phi) is 8.38. The van der Waals surface area contributed by atoms with E-state index in [1.54, 1.807) is 30.3 Å². The van der Waals surface area contributed by atoms with Crippen molar-refractivity contribution in [2.24, 2.45) is 0 Å². The number of hydrogen-bond donors (Lipinski definition) is 4. The van der Waals surface area contributed by atoms with Gasteiger partial charge in [-0.25, -0.2) is 8.42 Å². The van der Waals surface area contributed by atoms with Crippen LogP contribution in [0.15, 0.2) is 65.6 Å². The number of hydrogen-bond acceptors (Lipinski definition) is 6. The first-order chi connectivity index (χ1) is 17.3. The van der Waals surface area contributed by atoms with Crippen LogP contribution in [0, 0.1) is 0 Å². The summed E-state index contributed by atoms with van der Waals surface area (Å²) in [6.07, 6.45) is 0.00362. The number of aromatic nitrogens is 2. The van der Waals surface area contributed by atoms with E-state index in [4.69, 9.17) is 27.9 Å². The number of benzene rings is 3. The summed E-state index contributed by atoms with van der Waals surface area (Å²) in [4.78, 5) is -0.196. The Morgan fingerprint density at radius 2 is 1.83 bits per heavy atom. The molecule has 3 aromatic carbocycles. The Bertz CT molecular complexity index is 1440. The van der Waals surface area contributed by atoms with Crippen molar-refractivity contribution in [3.63, 3.8) is 0 Å². The molecule has 0 saturated carbocycles. The zero-order valence-electron chi connectivity index (χ0n) is 19.5. The summed E-state index contributed by atoms with van der Waals surface area (Å²) in [6.45, 7) is 3.24. The number of fused-ring (bicyclic) bond motifs is 1. The van der Waals surface area contributed by atoms with Crippen LogP contribution in [0.2, 0.25) is 10.0 Å². The Hall–Kier alpha value is -2.82. The minimum atomic E-state index is -4.02. The summed E-state index contributed by atoms with van der Waals surface area (Å²) in [6, 6.07) is 16.8. The topological polar surface area (TPSA) is 116 Å². The van der Waals surface area contributed by atoms with E-state index < -0.39 is 16.1 Å². The Labute approximate surface area is 219 Å². The molecule has 4 aromatic rings. The third kappa shape index (κ3) is 6.11. The third-order valence-corrected chi connectivity index (χ3v) is 7.88. The number of H-pyrrole nitrogens is 1. The molecular formula is C25H26Cl2N4O4S. The maximum Gasteiger partial charge on any atom is 0.264 e. The van der Waals surface area contributed by atoms with Crippen LogP contribution in [0.25, 0.3) is 10.9 Å². The van der Waals surface area contributed by atoms with Gasteiger partial charge in [0.1, 0.15) is 17.3 Å². The van der Waals surface area contributed by atoms with E-state index in [-0.39, 0.29) is 27.2 Å². The fourth-order valence-electron chi connectivity index (χ4n) is 3.77. The van der Waals surface area contributed by atoms with E-state index in [1.807, 2.05) is 18.2 Å². The van der Waals surface area contributed by atoms with Crippen LogP contribution in [0.4, 0.5) is 5.69 Å². The van der Waals surface area contributed by atoms with Gasteiger partial charge in [-0.2, -0.15) is 5.10 Å². The summed E-state index contributed by atoms with van der Waals surface area (Å²) >= 11 is 12.1. The highest BCUT2D eigenvalue weighted by Gasteiger charge is 2.22. The molecule has 0 fully saturated rings. The van der Waals surface area contributed by atoms with Crippen molar-refractivity contribution < 1.29 is 18.3 Å². The highest BCUT2D eigenvalue weighted by Crippen LogP contribution is 2.31. The van der Waals surface area contributed by atoms with Gasteiger partial charge < -0.3 is 15.2 Å². The van der Waals surface area contributed by atoms with Crippen molar-refractivity contribution in [2.45, 2.75) is 24.3 Å². The molecule has 4 N–H and O–H groups in total. The monoisotopic (exact) mass is 548 g/mol. The van der Waals surface area contributed by atoms with Gasteiger partial charge in [-0.15, -0.1) is 0 Å². The molecule has 8 nitrogen and oxygen atoms in total. The predicted octanol–water partition coefficient (Wildman–Crippen LogP) is 4.93. The molecule has 1 atom stereocenters. The normalized spacial score (nSPS) is 12.6. The summed E-state index contributed by atoms with van der Waals surface area (Å²) in [5.74, 6) is 0.731. The fraction of sp³-hybridized carbons (Fsp3) is 0.240. The average molecular weight is 549 g/mol. The summed E-state index contributed by atoms with van der Waals surface area (Å²) < 4.78 is 33.9. The van der Waals surface area contributed by atoms with Gasteiger partial charge in [0.15, 0.2) is 0 Å². The molecule has 1 aromatic heterocycles. The van der Waals surface area contributed by atoms with Gasteiger partial charge in [0, 0.05) is 30.2 Å². The van der Waals surface area contributed by atoms with Crippen LogP contribution in [-0.4, -0.2) is 43.4 Å². The maximum absolute atomic E-state index is 12.8. The van der Waals surface area contributed by atoms with Crippen LogP contribution in [0.1, 0.15) is 24.3 Å². The number of rotatable bonds is 11. The van der Waals surface area contributed by atoms with Gasteiger partial charge in [0.25, 0.3) is 10.0 Å². The molecule has 1 unspecified atom stereocenters. The van der Waals surface area contributed by atoms with E-state index in [2.05, 4.69) is 27.2 Å². The number of nitrogens with zero attached hydrogens (tertiary/aromatic N) is 1. The summed E-state index contributed by atoms with van der Waals surface area (Å²) in [5, 5.41) is 22.2. The molecule has 0 amide bonds. The Balaban J connectivity index is 1.29. The number of anilines is 1. The number of aromatic amines is 1. The quantitative estimate of drug-likeness (QED) is 0.197. The zero-order chi connectivity index (χ0) is 25.7. The molecule has 11 heteroatoms. The van der Waals surface area contributed by atoms with Gasteiger partial charge in [0.2, 0.25) is 0 Å². The second-order valence-corrected chi connectivity index (χ2v) is 10.5. The molecule has 0 bridgehead atoms. The number of nitrogens with one attached hydrogen (secondary N) is 3. The lowest BCUT2D eigenvalue weighted by atomic mass is 10.1. The molecule has 1 heterocycles. The Morgan fingerprint density at radius 3 is 2.58 bits per heavy atom. The lowest BCUT2D eigenvalue weighted by Crippen LogP contribution is -2.26. The largest absolute Gasteiger partial charge is 0.492 e. The molecule has 0 aliphatic carbocycles. The minimum Gasteiger partial charge on any atom is -0.492 e. The zero-order valence-corrected chi connectivity index (χ0v) is 21.8. The van der Waals surface area contributed by atoms with Gasteiger partial charge in [0.05, 0.1) is 27.4 Å². The lowest BCUT2D eigenvalue weighted by Gasteiger charge is -2.15. The number of aryl methyl sites for hydroxylation is 1. The third-order valence-electron chi connectivity index (χ3n) is 5.54. The SMILES string of the molecule is CCc1n[nH]c2cc(OCCNCC(O)c3cccc(NS(=O)(=O)c4c(Cl)cccc4Cl)c3)ccc12. The van der Waals surface area contributed by atoms with Crippen molar-refractivity contribution >= 4 is 49.8 Å². The van der Waals surface area contributed by atoms with Gasteiger partial charge in [-0.1, -0.05) is 48.3 Å². The van der Waals surface area contributed by atoms with Gasteiger partial charge in [-0.3, -0.25) is 9.82 Å². The van der Waals surface area contributed by atoms with E-state index in [9.17, 15) is 13.5 Å². The highest BCUT2D eigenvalue weighted by atomic mass is 35.5. The standard InChI is InChI=1S/C25H26Cl2N4O4S/c1-2-22-19-10-9-18(14-23(19)30-29-22)35-12-11-28-15-24(32)16-5-3-6-17(13-16)31-36(33,34)25-20(26)7-4-8-21(25)27/h3-10,13-14,24,28,31-32H,2,11-12,15H2,1H3,(H,29,30). The second-order valence-electron chi connectivity index (χ2n) is 8.08. The van der Waals surface area contributed by atoms with Gasteiger partial charge in [-0.05, 0) is 48.4 Å². The molecule has 190 valence electrons. The highest BCUT2D eigenvalue weighted by molar-refractivity contribution is 7.93. The van der Waals surface area contributed by atoms with E-state index in [0.29, 0.717) is 18.7 Å².